The van der Waals surface area contributed by atoms with Crippen LogP contribution in [-0.2, 0) is 4.79 Å². The fraction of sp³-hybridized carbons (Fsp3) is 0.667. The van der Waals surface area contributed by atoms with Crippen LogP contribution in [0.2, 0.25) is 0 Å². The molecule has 1 amide bonds. The molecule has 2 saturated heterocycles. The molecule has 0 aromatic heterocycles. The van der Waals surface area contributed by atoms with Crippen LogP contribution >= 0.6 is 0 Å². The Hall–Kier alpha value is -1.23. The molecule has 3 aliphatic heterocycles. The van der Waals surface area contributed by atoms with Gasteiger partial charge in [0.15, 0.2) is 0 Å². The molecule has 5 nitrogen and oxygen atoms in total. The van der Waals surface area contributed by atoms with Gasteiger partial charge in [-0.15, -0.1) is 0 Å². The Balaban J connectivity index is 1.75. The number of hydrogen-bond acceptors (Lipinski definition) is 4. The van der Waals surface area contributed by atoms with Crippen LogP contribution in [0.15, 0.2) is 12.0 Å². The van der Waals surface area contributed by atoms with Crippen LogP contribution in [-0.4, -0.2) is 48.1 Å². The monoisotopic (exact) mass is 194 g/mol. The van der Waals surface area contributed by atoms with Crippen LogP contribution in [0.5, 0.6) is 0 Å². The first-order valence-corrected chi connectivity index (χ1v) is 5.07. The Morgan fingerprint density at radius 1 is 1.50 bits per heavy atom. The van der Waals surface area contributed by atoms with Crippen molar-refractivity contribution < 1.29 is 4.79 Å². The van der Waals surface area contributed by atoms with Gasteiger partial charge in [0, 0.05) is 18.8 Å². The van der Waals surface area contributed by atoms with Gasteiger partial charge in [-0.3, -0.25) is 9.69 Å². The van der Waals surface area contributed by atoms with Crippen molar-refractivity contribution in [3.63, 3.8) is 0 Å². The summed E-state index contributed by atoms with van der Waals surface area (Å²) in [6, 6.07) is 0.558. The van der Waals surface area contributed by atoms with Crippen molar-refractivity contribution in [1.82, 2.24) is 20.4 Å². The second-order valence-corrected chi connectivity index (χ2v) is 3.99. The molecule has 76 valence electrons. The molecule has 0 radical (unpaired) electrons. The third-order valence-electron chi connectivity index (χ3n) is 3.11. The Bertz CT molecular complexity index is 295. The van der Waals surface area contributed by atoms with Gasteiger partial charge in [0.2, 0.25) is 5.91 Å². The SMILES string of the molecule is O=C1CNC2=CN(C3CCNC3)CN12. The molecule has 2 N–H and O–H groups in total. The number of carbonyl (C=O) groups is 1. The van der Waals surface area contributed by atoms with E-state index in [9.17, 15) is 4.79 Å². The largest absolute Gasteiger partial charge is 0.361 e. The van der Waals surface area contributed by atoms with E-state index in [1.165, 1.54) is 6.42 Å². The van der Waals surface area contributed by atoms with Gasteiger partial charge < -0.3 is 15.5 Å². The van der Waals surface area contributed by atoms with Crippen LogP contribution in [0, 0.1) is 0 Å². The highest BCUT2D eigenvalue weighted by atomic mass is 16.2. The second kappa shape index (κ2) is 2.88. The predicted octanol–water partition coefficient (Wildman–Crippen LogP) is -1.15. The number of nitrogens with one attached hydrogen (secondary N) is 2. The molecule has 2 fully saturated rings. The number of nitrogens with zero attached hydrogens (tertiary/aromatic N) is 2. The zero-order valence-electron chi connectivity index (χ0n) is 7.99. The molecule has 1 atom stereocenters. The smallest absolute Gasteiger partial charge is 0.248 e. The van der Waals surface area contributed by atoms with E-state index in [1.54, 1.807) is 0 Å². The van der Waals surface area contributed by atoms with Crippen molar-refractivity contribution >= 4 is 5.91 Å². The van der Waals surface area contributed by atoms with E-state index in [4.69, 9.17) is 0 Å². The lowest BCUT2D eigenvalue weighted by atomic mass is 10.2. The number of amides is 1. The van der Waals surface area contributed by atoms with E-state index in [1.807, 2.05) is 4.90 Å². The van der Waals surface area contributed by atoms with Gasteiger partial charge in [-0.1, -0.05) is 0 Å². The Morgan fingerprint density at radius 3 is 3.14 bits per heavy atom. The highest BCUT2D eigenvalue weighted by Crippen LogP contribution is 2.21. The van der Waals surface area contributed by atoms with E-state index < -0.39 is 0 Å². The van der Waals surface area contributed by atoms with Crippen LogP contribution in [0.1, 0.15) is 6.42 Å². The Labute approximate surface area is 82.7 Å². The molecule has 3 aliphatic rings. The lowest BCUT2D eigenvalue weighted by Gasteiger charge is -2.23. The molecule has 5 heteroatoms. The highest BCUT2D eigenvalue weighted by Gasteiger charge is 2.34. The van der Waals surface area contributed by atoms with E-state index >= 15 is 0 Å². The maximum Gasteiger partial charge on any atom is 0.248 e. The van der Waals surface area contributed by atoms with Crippen LogP contribution < -0.4 is 10.6 Å². The standard InChI is InChI=1S/C9H14N4O/c14-9-4-11-8-5-12(6-13(8)9)7-1-2-10-3-7/h5,7,10-11H,1-4,6H2. The molecule has 0 aliphatic carbocycles. The summed E-state index contributed by atoms with van der Waals surface area (Å²) < 4.78 is 0. The van der Waals surface area contributed by atoms with Gasteiger partial charge in [0.25, 0.3) is 0 Å². The molecule has 0 saturated carbocycles. The van der Waals surface area contributed by atoms with Crippen molar-refractivity contribution in [2.45, 2.75) is 12.5 Å². The van der Waals surface area contributed by atoms with Gasteiger partial charge in [0.05, 0.1) is 13.2 Å². The van der Waals surface area contributed by atoms with Crippen molar-refractivity contribution in [2.24, 2.45) is 0 Å². The summed E-state index contributed by atoms with van der Waals surface area (Å²) in [4.78, 5) is 15.5. The molecule has 1 unspecified atom stereocenters. The first-order valence-electron chi connectivity index (χ1n) is 5.07. The molecule has 0 aromatic carbocycles. The summed E-state index contributed by atoms with van der Waals surface area (Å²) in [6.45, 7) is 3.31. The average Bonchev–Trinajstić information content (AvgIpc) is 2.83. The number of hydrogen-bond donors (Lipinski definition) is 2. The van der Waals surface area contributed by atoms with E-state index in [2.05, 4.69) is 21.7 Å². The number of carbonyl (C=O) groups excluding carboxylic acids is 1. The second-order valence-electron chi connectivity index (χ2n) is 3.99. The first kappa shape index (κ1) is 8.11. The highest BCUT2D eigenvalue weighted by molar-refractivity contribution is 5.83. The van der Waals surface area contributed by atoms with Crippen molar-refractivity contribution in [3.8, 4) is 0 Å². The van der Waals surface area contributed by atoms with Crippen LogP contribution in [0.25, 0.3) is 0 Å². The third kappa shape index (κ3) is 1.09. The molecular formula is C9H14N4O. The van der Waals surface area contributed by atoms with Gasteiger partial charge in [0.1, 0.15) is 5.82 Å². The summed E-state index contributed by atoms with van der Waals surface area (Å²) in [5.41, 5.74) is 0. The predicted molar refractivity (Wildman–Crippen MR) is 50.9 cm³/mol. The van der Waals surface area contributed by atoms with Crippen molar-refractivity contribution in [1.29, 1.82) is 0 Å². The van der Waals surface area contributed by atoms with Crippen LogP contribution in [0.4, 0.5) is 0 Å². The summed E-state index contributed by atoms with van der Waals surface area (Å²) in [5.74, 6) is 1.16. The average molecular weight is 194 g/mol. The summed E-state index contributed by atoms with van der Waals surface area (Å²) in [7, 11) is 0. The summed E-state index contributed by atoms with van der Waals surface area (Å²) in [5, 5.41) is 6.43. The number of rotatable bonds is 1. The molecule has 0 spiro atoms. The fourth-order valence-corrected chi connectivity index (χ4v) is 2.27. The minimum absolute atomic E-state index is 0.185. The molecule has 3 rings (SSSR count). The van der Waals surface area contributed by atoms with Gasteiger partial charge in [-0.05, 0) is 13.0 Å². The van der Waals surface area contributed by atoms with E-state index in [0.29, 0.717) is 12.6 Å². The molecular weight excluding hydrogens is 180 g/mol. The normalized spacial score (nSPS) is 30.7. The summed E-state index contributed by atoms with van der Waals surface area (Å²) >= 11 is 0. The lowest BCUT2D eigenvalue weighted by Crippen LogP contribution is -2.37. The molecule has 0 aromatic rings. The van der Waals surface area contributed by atoms with Crippen molar-refractivity contribution in [2.75, 3.05) is 26.3 Å². The molecule has 0 bridgehead atoms. The van der Waals surface area contributed by atoms with Gasteiger partial charge in [-0.25, -0.2) is 0 Å². The zero-order chi connectivity index (χ0) is 9.54. The minimum atomic E-state index is 0.185. The van der Waals surface area contributed by atoms with Gasteiger partial charge >= 0.3 is 0 Å². The maximum atomic E-state index is 11.4. The molecule has 14 heavy (non-hydrogen) atoms. The maximum absolute atomic E-state index is 11.4. The zero-order valence-corrected chi connectivity index (χ0v) is 7.99. The Kier molecular flexibility index (Phi) is 1.67. The van der Waals surface area contributed by atoms with Crippen LogP contribution in [0.3, 0.4) is 0 Å². The number of fused-ring (bicyclic) bond motifs is 1. The van der Waals surface area contributed by atoms with E-state index in [-0.39, 0.29) is 5.91 Å². The quantitative estimate of drug-likeness (QED) is 0.553. The van der Waals surface area contributed by atoms with Crippen molar-refractivity contribution in [3.05, 3.63) is 12.0 Å². The summed E-state index contributed by atoms with van der Waals surface area (Å²) in [6.07, 6.45) is 3.24. The van der Waals surface area contributed by atoms with E-state index in [0.717, 1.165) is 25.6 Å². The fourth-order valence-electron chi connectivity index (χ4n) is 2.27. The topological polar surface area (TPSA) is 47.6 Å². The first-order chi connectivity index (χ1) is 6.84. The lowest BCUT2D eigenvalue weighted by molar-refractivity contribution is -0.126. The Morgan fingerprint density at radius 2 is 2.43 bits per heavy atom. The molecule has 3 heterocycles. The third-order valence-corrected chi connectivity index (χ3v) is 3.11. The minimum Gasteiger partial charge on any atom is -0.361 e. The van der Waals surface area contributed by atoms with Gasteiger partial charge in [-0.2, -0.15) is 0 Å².